The molecule has 9 nitrogen and oxygen atoms in total. The number of fused-ring (bicyclic) bond motifs is 3. The normalized spacial score (nSPS) is 26.4. The first-order valence-corrected chi connectivity index (χ1v) is 8.60. The summed E-state index contributed by atoms with van der Waals surface area (Å²) in [5.41, 5.74) is -6.73. The predicted molar refractivity (Wildman–Crippen MR) is 96.8 cm³/mol. The van der Waals surface area contributed by atoms with E-state index in [4.69, 9.17) is 0 Å². The summed E-state index contributed by atoms with van der Waals surface area (Å²) in [5, 5.41) is 62.9. The van der Waals surface area contributed by atoms with Gasteiger partial charge in [0.05, 0.1) is 10.9 Å². The number of phenolic OH excluding ortho intramolecular Hbond substituents is 3. The second kappa shape index (κ2) is 5.56. The summed E-state index contributed by atoms with van der Waals surface area (Å²) in [5.74, 6) is -6.00. The molecule has 0 fully saturated rings. The Morgan fingerprint density at radius 3 is 2.28 bits per heavy atom. The summed E-state index contributed by atoms with van der Waals surface area (Å²) in [6.45, 7) is 0.966. The lowest BCUT2D eigenvalue weighted by Crippen LogP contribution is -2.67. The van der Waals surface area contributed by atoms with Gasteiger partial charge in [0.25, 0.3) is 0 Å². The van der Waals surface area contributed by atoms with Crippen LogP contribution in [0.2, 0.25) is 0 Å². The van der Waals surface area contributed by atoms with Gasteiger partial charge in [-0.05, 0) is 30.0 Å². The monoisotopic (exact) mass is 400 g/mol. The van der Waals surface area contributed by atoms with Crippen LogP contribution in [0, 0.1) is 0 Å². The number of carbonyl (C=O) groups excluding carboxylic acids is 3. The number of hydrogen-bond acceptors (Lipinski definition) is 9. The molecular formula is C20H16O9. The Morgan fingerprint density at radius 1 is 1.00 bits per heavy atom. The van der Waals surface area contributed by atoms with Gasteiger partial charge in [0.2, 0.25) is 11.4 Å². The van der Waals surface area contributed by atoms with E-state index >= 15 is 0 Å². The summed E-state index contributed by atoms with van der Waals surface area (Å²) in [4.78, 5) is 37.2. The molecule has 2 unspecified atom stereocenters. The molecule has 6 N–H and O–H groups in total. The summed E-state index contributed by atoms with van der Waals surface area (Å²) in [6.07, 6.45) is -1.33. The molecule has 2 aliphatic carbocycles. The van der Waals surface area contributed by atoms with Crippen molar-refractivity contribution < 1.29 is 45.0 Å². The molecule has 0 aliphatic heterocycles. The first-order valence-electron chi connectivity index (χ1n) is 8.60. The quantitative estimate of drug-likeness (QED) is 0.373. The van der Waals surface area contributed by atoms with Crippen LogP contribution in [0.3, 0.4) is 0 Å². The van der Waals surface area contributed by atoms with Gasteiger partial charge in [-0.3, -0.25) is 14.4 Å². The highest BCUT2D eigenvalue weighted by atomic mass is 16.4. The number of ketones is 3. The van der Waals surface area contributed by atoms with Gasteiger partial charge in [-0.2, -0.15) is 0 Å². The summed E-state index contributed by atoms with van der Waals surface area (Å²) in [7, 11) is 0. The van der Waals surface area contributed by atoms with Crippen LogP contribution in [0.4, 0.5) is 0 Å². The van der Waals surface area contributed by atoms with Crippen LogP contribution >= 0.6 is 0 Å². The number of benzene rings is 2. The molecule has 0 saturated carbocycles. The van der Waals surface area contributed by atoms with Gasteiger partial charge in [-0.1, -0.05) is 0 Å². The Kier molecular flexibility index (Phi) is 3.62. The van der Waals surface area contributed by atoms with Crippen molar-refractivity contribution in [1.29, 1.82) is 0 Å². The van der Waals surface area contributed by atoms with Crippen LogP contribution in [-0.4, -0.2) is 59.2 Å². The minimum Gasteiger partial charge on any atom is -0.508 e. The van der Waals surface area contributed by atoms with E-state index in [0.29, 0.717) is 0 Å². The Labute approximate surface area is 162 Å². The average molecular weight is 400 g/mol. The third-order valence-corrected chi connectivity index (χ3v) is 5.63. The molecule has 0 saturated heterocycles. The molecule has 2 aliphatic rings. The molecule has 2 aromatic carbocycles. The number of aliphatic hydroxyl groups is 3. The molecule has 2 atom stereocenters. The van der Waals surface area contributed by atoms with Crippen LogP contribution in [0.25, 0.3) is 10.8 Å². The van der Waals surface area contributed by atoms with Gasteiger partial charge >= 0.3 is 0 Å². The number of hydrogen-bond donors (Lipinski definition) is 6. The lowest BCUT2D eigenvalue weighted by atomic mass is 9.61. The highest BCUT2D eigenvalue weighted by Crippen LogP contribution is 2.51. The SMILES string of the molecule is CC(=O)C1=C(O)C2(O)C(=O)c3c(cc4cc(O)cc(O)c4c3O)CC2(O)CC1=O. The van der Waals surface area contributed by atoms with Crippen molar-refractivity contribution in [2.75, 3.05) is 0 Å². The molecule has 9 heteroatoms. The number of allylic oxidation sites excluding steroid dienone is 1. The van der Waals surface area contributed by atoms with E-state index in [-0.39, 0.29) is 22.1 Å². The van der Waals surface area contributed by atoms with Crippen molar-refractivity contribution >= 4 is 28.1 Å². The Balaban J connectivity index is 2.08. The van der Waals surface area contributed by atoms with Gasteiger partial charge in [0.15, 0.2) is 11.6 Å². The molecule has 0 radical (unpaired) electrons. The fraction of sp³-hybridized carbons (Fsp3) is 0.250. The Hall–Kier alpha value is -3.43. The van der Waals surface area contributed by atoms with Crippen LogP contribution in [-0.2, 0) is 16.0 Å². The third kappa shape index (κ3) is 2.19. The molecule has 0 spiro atoms. The number of aliphatic hydroxyl groups excluding tert-OH is 1. The fourth-order valence-electron chi connectivity index (χ4n) is 4.32. The Morgan fingerprint density at radius 2 is 1.66 bits per heavy atom. The van der Waals surface area contributed by atoms with Crippen molar-refractivity contribution in [3.8, 4) is 17.2 Å². The lowest BCUT2D eigenvalue weighted by molar-refractivity contribution is -0.151. The summed E-state index contributed by atoms with van der Waals surface area (Å²) in [6, 6.07) is 3.46. The van der Waals surface area contributed by atoms with Crippen LogP contribution in [0.1, 0.15) is 29.3 Å². The zero-order valence-electron chi connectivity index (χ0n) is 15.1. The topological polar surface area (TPSA) is 173 Å². The molecule has 0 heterocycles. The van der Waals surface area contributed by atoms with Crippen LogP contribution in [0.15, 0.2) is 29.5 Å². The number of Topliss-reactive ketones (excluding diaryl/α,β-unsaturated/α-hetero) is 3. The summed E-state index contributed by atoms with van der Waals surface area (Å²) >= 11 is 0. The largest absolute Gasteiger partial charge is 0.508 e. The van der Waals surface area contributed by atoms with Crippen LogP contribution < -0.4 is 0 Å². The molecule has 29 heavy (non-hydrogen) atoms. The van der Waals surface area contributed by atoms with Crippen molar-refractivity contribution in [3.05, 3.63) is 40.7 Å². The zero-order valence-corrected chi connectivity index (χ0v) is 15.1. The van der Waals surface area contributed by atoms with Crippen molar-refractivity contribution in [3.63, 3.8) is 0 Å². The van der Waals surface area contributed by atoms with Crippen molar-refractivity contribution in [1.82, 2.24) is 0 Å². The minimum absolute atomic E-state index is 0.0315. The van der Waals surface area contributed by atoms with Gasteiger partial charge in [0, 0.05) is 18.9 Å². The number of aromatic hydroxyl groups is 3. The van der Waals surface area contributed by atoms with E-state index in [2.05, 4.69) is 0 Å². The first kappa shape index (κ1) is 18.9. The second-order valence-corrected chi connectivity index (χ2v) is 7.45. The standard InChI is InChI=1S/C20H16O9/c1-7(21)13-12(24)6-19(28)5-9-2-8-3-10(22)4-11(23)14(8)16(25)15(9)18(27)20(19,29)17(13)26/h2-4,22-23,25-26,28-29H,5-6H2,1H3. The third-order valence-electron chi connectivity index (χ3n) is 5.63. The highest BCUT2D eigenvalue weighted by Gasteiger charge is 2.66. The molecule has 150 valence electrons. The number of phenols is 3. The maximum Gasteiger partial charge on any atom is 0.215 e. The van der Waals surface area contributed by atoms with Gasteiger partial charge in [-0.25, -0.2) is 0 Å². The molecule has 4 rings (SSSR count). The van der Waals surface area contributed by atoms with E-state index in [1.54, 1.807) is 0 Å². The van der Waals surface area contributed by atoms with Gasteiger partial charge < -0.3 is 30.6 Å². The molecule has 0 bridgehead atoms. The maximum absolute atomic E-state index is 13.2. The van der Waals surface area contributed by atoms with Crippen LogP contribution in [0.5, 0.6) is 17.2 Å². The number of carbonyl (C=O) groups is 3. The van der Waals surface area contributed by atoms with Crippen molar-refractivity contribution in [2.24, 2.45) is 0 Å². The predicted octanol–water partition coefficient (Wildman–Crippen LogP) is 0.531. The zero-order chi connectivity index (χ0) is 21.5. The highest BCUT2D eigenvalue weighted by molar-refractivity contribution is 6.24. The second-order valence-electron chi connectivity index (χ2n) is 7.45. The minimum atomic E-state index is -3.04. The smallest absolute Gasteiger partial charge is 0.215 e. The summed E-state index contributed by atoms with van der Waals surface area (Å²) < 4.78 is 0. The fourth-order valence-corrected chi connectivity index (χ4v) is 4.32. The van der Waals surface area contributed by atoms with E-state index < -0.39 is 69.8 Å². The molecule has 0 aromatic heterocycles. The lowest BCUT2D eigenvalue weighted by Gasteiger charge is -2.47. The van der Waals surface area contributed by atoms with Crippen molar-refractivity contribution in [2.45, 2.75) is 31.0 Å². The molecular weight excluding hydrogens is 384 g/mol. The average Bonchev–Trinajstić information content (AvgIpc) is 2.57. The number of rotatable bonds is 1. The van der Waals surface area contributed by atoms with E-state index in [0.717, 1.165) is 13.0 Å². The Bertz CT molecular complexity index is 1190. The van der Waals surface area contributed by atoms with E-state index in [1.165, 1.54) is 12.1 Å². The van der Waals surface area contributed by atoms with E-state index in [9.17, 15) is 45.0 Å². The molecule has 2 aromatic rings. The van der Waals surface area contributed by atoms with Gasteiger partial charge in [0.1, 0.15) is 34.2 Å². The van der Waals surface area contributed by atoms with Gasteiger partial charge in [-0.15, -0.1) is 0 Å². The molecule has 0 amide bonds. The maximum atomic E-state index is 13.2. The van der Waals surface area contributed by atoms with E-state index in [1.807, 2.05) is 0 Å². The first-order chi connectivity index (χ1) is 13.4.